The van der Waals surface area contributed by atoms with Crippen LogP contribution in [-0.4, -0.2) is 19.7 Å². The van der Waals surface area contributed by atoms with E-state index in [-0.39, 0.29) is 5.75 Å². The highest BCUT2D eigenvalue weighted by molar-refractivity contribution is 6.30. The van der Waals surface area contributed by atoms with Crippen molar-refractivity contribution in [2.75, 3.05) is 0 Å². The number of fused-ring (bicyclic) bond motifs is 1. The third-order valence-corrected chi connectivity index (χ3v) is 4.03. The summed E-state index contributed by atoms with van der Waals surface area (Å²) >= 11 is 5.99. The molecule has 0 aliphatic carbocycles. The standard InChI is InChI=1S/C19H14ClN3O2/c20-14-5-3-4-13(10-14)12-25-19-9-8-18-21-11-16(23(18)22-19)15-6-1-2-7-17(15)24/h1-11,24H,12H2. The van der Waals surface area contributed by atoms with E-state index in [1.54, 1.807) is 28.9 Å². The summed E-state index contributed by atoms with van der Waals surface area (Å²) in [5.41, 5.74) is 2.99. The van der Waals surface area contributed by atoms with Crippen LogP contribution in [0.4, 0.5) is 0 Å². The van der Waals surface area contributed by atoms with Gasteiger partial charge < -0.3 is 9.84 Å². The van der Waals surface area contributed by atoms with Crippen LogP contribution in [0.1, 0.15) is 5.56 Å². The maximum atomic E-state index is 10.1. The number of para-hydroxylation sites is 1. The van der Waals surface area contributed by atoms with Gasteiger partial charge in [0.05, 0.1) is 11.9 Å². The normalized spacial score (nSPS) is 10.9. The number of halogens is 1. The second-order valence-electron chi connectivity index (χ2n) is 5.52. The number of imidazole rings is 1. The van der Waals surface area contributed by atoms with E-state index in [4.69, 9.17) is 16.3 Å². The lowest BCUT2D eigenvalue weighted by atomic mass is 10.1. The molecule has 4 rings (SSSR count). The average Bonchev–Trinajstić information content (AvgIpc) is 3.03. The average molecular weight is 352 g/mol. The maximum Gasteiger partial charge on any atom is 0.232 e. The summed E-state index contributed by atoms with van der Waals surface area (Å²) in [6.07, 6.45) is 1.68. The summed E-state index contributed by atoms with van der Waals surface area (Å²) in [4.78, 5) is 4.32. The predicted molar refractivity (Wildman–Crippen MR) is 95.9 cm³/mol. The summed E-state index contributed by atoms with van der Waals surface area (Å²) in [6, 6.07) is 18.2. The monoisotopic (exact) mass is 351 g/mol. The summed E-state index contributed by atoms with van der Waals surface area (Å²) in [5, 5.41) is 15.2. The molecule has 0 aliphatic heterocycles. The number of nitrogens with zero attached hydrogens (tertiary/aromatic N) is 3. The molecular formula is C19H14ClN3O2. The van der Waals surface area contributed by atoms with Gasteiger partial charge in [-0.1, -0.05) is 35.9 Å². The molecule has 25 heavy (non-hydrogen) atoms. The highest BCUT2D eigenvalue weighted by atomic mass is 35.5. The third-order valence-electron chi connectivity index (χ3n) is 3.79. The van der Waals surface area contributed by atoms with Crippen LogP contribution in [0.5, 0.6) is 11.6 Å². The van der Waals surface area contributed by atoms with Crippen molar-refractivity contribution in [1.29, 1.82) is 0 Å². The topological polar surface area (TPSA) is 59.7 Å². The van der Waals surface area contributed by atoms with Crippen LogP contribution in [0.3, 0.4) is 0 Å². The first-order chi connectivity index (χ1) is 12.2. The number of ether oxygens (including phenoxy) is 1. The van der Waals surface area contributed by atoms with E-state index in [1.807, 2.05) is 42.5 Å². The number of benzene rings is 2. The van der Waals surface area contributed by atoms with E-state index in [2.05, 4.69) is 10.1 Å². The Hall–Kier alpha value is -3.05. The van der Waals surface area contributed by atoms with Gasteiger partial charge in [-0.25, -0.2) is 9.50 Å². The molecular weight excluding hydrogens is 338 g/mol. The number of hydrogen-bond acceptors (Lipinski definition) is 4. The van der Waals surface area contributed by atoms with Crippen LogP contribution >= 0.6 is 11.6 Å². The van der Waals surface area contributed by atoms with Crippen molar-refractivity contribution in [1.82, 2.24) is 14.6 Å². The van der Waals surface area contributed by atoms with Gasteiger partial charge in [0, 0.05) is 16.7 Å². The number of phenols is 1. The first kappa shape index (κ1) is 15.5. The fraction of sp³-hybridized carbons (Fsp3) is 0.0526. The van der Waals surface area contributed by atoms with Gasteiger partial charge in [-0.05, 0) is 35.9 Å². The van der Waals surface area contributed by atoms with E-state index in [0.717, 1.165) is 5.56 Å². The fourth-order valence-corrected chi connectivity index (χ4v) is 2.80. The molecule has 0 amide bonds. The summed E-state index contributed by atoms with van der Waals surface area (Å²) in [6.45, 7) is 0.361. The Labute approximate surface area is 149 Å². The van der Waals surface area contributed by atoms with Gasteiger partial charge in [-0.15, -0.1) is 5.10 Å². The molecule has 4 aromatic rings. The number of rotatable bonds is 4. The highest BCUT2D eigenvalue weighted by Gasteiger charge is 2.11. The van der Waals surface area contributed by atoms with Gasteiger partial charge in [-0.3, -0.25) is 0 Å². The minimum Gasteiger partial charge on any atom is -0.507 e. The minimum absolute atomic E-state index is 0.177. The summed E-state index contributed by atoms with van der Waals surface area (Å²) in [7, 11) is 0. The zero-order valence-corrected chi connectivity index (χ0v) is 13.9. The molecule has 6 heteroatoms. The molecule has 0 unspecified atom stereocenters. The van der Waals surface area contributed by atoms with Crippen LogP contribution in [0.25, 0.3) is 16.9 Å². The zero-order chi connectivity index (χ0) is 17.2. The van der Waals surface area contributed by atoms with Gasteiger partial charge >= 0.3 is 0 Å². The lowest BCUT2D eigenvalue weighted by Gasteiger charge is -2.08. The van der Waals surface area contributed by atoms with Crippen molar-refractivity contribution in [2.24, 2.45) is 0 Å². The van der Waals surface area contributed by atoms with E-state index in [9.17, 15) is 5.11 Å². The Morgan fingerprint density at radius 3 is 2.76 bits per heavy atom. The van der Waals surface area contributed by atoms with E-state index >= 15 is 0 Å². The van der Waals surface area contributed by atoms with Crippen molar-refractivity contribution >= 4 is 17.2 Å². The Balaban J connectivity index is 1.65. The predicted octanol–water partition coefficient (Wildman–Crippen LogP) is 4.33. The highest BCUT2D eigenvalue weighted by Crippen LogP contribution is 2.29. The van der Waals surface area contributed by atoms with Crippen molar-refractivity contribution in [2.45, 2.75) is 6.61 Å². The van der Waals surface area contributed by atoms with Gasteiger partial charge in [-0.2, -0.15) is 0 Å². The quantitative estimate of drug-likeness (QED) is 0.594. The first-order valence-electron chi connectivity index (χ1n) is 7.71. The third kappa shape index (κ3) is 3.14. The van der Waals surface area contributed by atoms with Crippen LogP contribution in [-0.2, 0) is 6.61 Å². The summed E-state index contributed by atoms with van der Waals surface area (Å²) < 4.78 is 7.42. The molecule has 2 heterocycles. The molecule has 2 aromatic carbocycles. The van der Waals surface area contributed by atoms with E-state index < -0.39 is 0 Å². The molecule has 2 aromatic heterocycles. The first-order valence-corrected chi connectivity index (χ1v) is 8.09. The number of hydrogen-bond donors (Lipinski definition) is 1. The number of aromatic nitrogens is 3. The van der Waals surface area contributed by atoms with Crippen LogP contribution < -0.4 is 4.74 Å². The van der Waals surface area contributed by atoms with E-state index in [0.29, 0.717) is 34.4 Å². The van der Waals surface area contributed by atoms with Crippen molar-refractivity contribution in [3.05, 3.63) is 77.4 Å². The lowest BCUT2D eigenvalue weighted by Crippen LogP contribution is -2.01. The fourth-order valence-electron chi connectivity index (χ4n) is 2.59. The van der Waals surface area contributed by atoms with Gasteiger partial charge in [0.15, 0.2) is 5.65 Å². The maximum absolute atomic E-state index is 10.1. The molecule has 0 saturated heterocycles. The van der Waals surface area contributed by atoms with Crippen molar-refractivity contribution in [3.63, 3.8) is 0 Å². The van der Waals surface area contributed by atoms with Crippen LogP contribution in [0, 0.1) is 0 Å². The molecule has 0 bridgehead atoms. The SMILES string of the molecule is Oc1ccccc1-c1cnc2ccc(OCc3cccc(Cl)c3)nn12. The minimum atomic E-state index is 0.177. The molecule has 5 nitrogen and oxygen atoms in total. The molecule has 0 radical (unpaired) electrons. The molecule has 1 N–H and O–H groups in total. The van der Waals surface area contributed by atoms with Crippen LogP contribution in [0.2, 0.25) is 5.02 Å². The molecule has 0 aliphatic rings. The molecule has 0 fully saturated rings. The number of phenolic OH excluding ortho intramolecular Hbond substituents is 1. The van der Waals surface area contributed by atoms with Gasteiger partial charge in [0.2, 0.25) is 5.88 Å². The Morgan fingerprint density at radius 2 is 1.92 bits per heavy atom. The smallest absolute Gasteiger partial charge is 0.232 e. The summed E-state index contributed by atoms with van der Waals surface area (Å²) in [5.74, 6) is 0.637. The zero-order valence-electron chi connectivity index (χ0n) is 13.1. The Kier molecular flexibility index (Phi) is 3.99. The van der Waals surface area contributed by atoms with Crippen molar-refractivity contribution in [3.8, 4) is 22.9 Å². The number of aromatic hydroxyl groups is 1. The van der Waals surface area contributed by atoms with E-state index in [1.165, 1.54) is 0 Å². The second kappa shape index (κ2) is 6.45. The Bertz CT molecular complexity index is 1050. The van der Waals surface area contributed by atoms with Gasteiger partial charge in [0.1, 0.15) is 12.4 Å². The molecule has 124 valence electrons. The van der Waals surface area contributed by atoms with Crippen LogP contribution in [0.15, 0.2) is 66.9 Å². The largest absolute Gasteiger partial charge is 0.507 e. The second-order valence-corrected chi connectivity index (χ2v) is 5.96. The van der Waals surface area contributed by atoms with Crippen molar-refractivity contribution < 1.29 is 9.84 Å². The molecule has 0 spiro atoms. The molecule has 0 atom stereocenters. The Morgan fingerprint density at radius 1 is 1.04 bits per heavy atom. The lowest BCUT2D eigenvalue weighted by molar-refractivity contribution is 0.289. The van der Waals surface area contributed by atoms with Gasteiger partial charge in [0.25, 0.3) is 0 Å². The molecule has 0 saturated carbocycles.